The van der Waals surface area contributed by atoms with Crippen LogP contribution in [0.2, 0.25) is 0 Å². The fourth-order valence-electron chi connectivity index (χ4n) is 6.20. The summed E-state index contributed by atoms with van der Waals surface area (Å²) in [5, 5.41) is 2.67. The maximum absolute atomic E-state index is 7.30. The third kappa shape index (κ3) is 2.34. The highest BCUT2D eigenvalue weighted by Gasteiger charge is 2.51. The van der Waals surface area contributed by atoms with Crippen LogP contribution >= 0.6 is 11.6 Å². The summed E-state index contributed by atoms with van der Waals surface area (Å²) >= 11 is 7.30. The second kappa shape index (κ2) is 6.82. The first-order chi connectivity index (χ1) is 15.8. The van der Waals surface area contributed by atoms with E-state index in [1.807, 2.05) is 0 Å². The Morgan fingerprint density at radius 2 is 0.812 bits per heavy atom. The third-order valence-electron chi connectivity index (χ3n) is 7.34. The Morgan fingerprint density at radius 1 is 0.438 bits per heavy atom. The van der Waals surface area contributed by atoms with E-state index in [9.17, 15) is 0 Å². The van der Waals surface area contributed by atoms with Crippen LogP contribution in [0.1, 0.15) is 34.1 Å². The SMILES string of the molecule is ClC1[C@H]2c3ccccc3[C@H]1c1c2c(-c2ccccc2)c2ccccc2c1-c1ccccc1. The van der Waals surface area contributed by atoms with Gasteiger partial charge in [0.1, 0.15) is 0 Å². The molecule has 0 spiro atoms. The molecule has 152 valence electrons. The largest absolute Gasteiger partial charge is 0.121 e. The van der Waals surface area contributed by atoms with Crippen LogP contribution < -0.4 is 0 Å². The van der Waals surface area contributed by atoms with Crippen molar-refractivity contribution in [2.75, 3.05) is 0 Å². The third-order valence-corrected chi connectivity index (χ3v) is 7.85. The molecule has 5 aromatic rings. The van der Waals surface area contributed by atoms with Crippen LogP contribution in [0.4, 0.5) is 0 Å². The number of halogens is 1. The van der Waals surface area contributed by atoms with Crippen LogP contribution in [0, 0.1) is 0 Å². The lowest BCUT2D eigenvalue weighted by Gasteiger charge is -2.27. The number of hydrogen-bond acceptors (Lipinski definition) is 0. The average Bonchev–Trinajstić information content (AvgIpc) is 3.31. The standard InChI is InChI=1S/C31H21Cl/c32-31-27-23-17-9-10-18-24(23)28(31)30-26(20-13-5-2-6-14-20)22-16-8-7-15-21(22)25(29(27)30)19-11-3-1-4-12-19/h1-18,27-28,31H/t27-,28-/m0/s1. The van der Waals surface area contributed by atoms with Gasteiger partial charge in [-0.05, 0) is 55.3 Å². The van der Waals surface area contributed by atoms with Crippen LogP contribution in [0.5, 0.6) is 0 Å². The summed E-state index contributed by atoms with van der Waals surface area (Å²) in [6, 6.07) is 39.5. The first-order valence-electron chi connectivity index (χ1n) is 11.3. The lowest BCUT2D eigenvalue weighted by Crippen LogP contribution is -2.08. The van der Waals surface area contributed by atoms with Crippen LogP contribution in [0.25, 0.3) is 33.0 Å². The predicted octanol–water partition coefficient (Wildman–Crippen LogP) is 8.37. The van der Waals surface area contributed by atoms with Gasteiger partial charge in [0, 0.05) is 11.8 Å². The van der Waals surface area contributed by atoms with Gasteiger partial charge in [0.25, 0.3) is 0 Å². The van der Waals surface area contributed by atoms with Crippen molar-refractivity contribution in [2.45, 2.75) is 17.2 Å². The highest BCUT2D eigenvalue weighted by molar-refractivity contribution is 6.24. The molecule has 0 N–H and O–H groups in total. The van der Waals surface area contributed by atoms with E-state index in [1.165, 1.54) is 55.3 Å². The molecule has 0 saturated carbocycles. The average molecular weight is 429 g/mol. The molecule has 0 aliphatic heterocycles. The number of rotatable bonds is 2. The van der Waals surface area contributed by atoms with Gasteiger partial charge in [0.15, 0.2) is 0 Å². The van der Waals surface area contributed by atoms with Gasteiger partial charge < -0.3 is 0 Å². The highest BCUT2D eigenvalue weighted by Crippen LogP contribution is 2.64. The summed E-state index contributed by atoms with van der Waals surface area (Å²) in [5.41, 5.74) is 10.9. The van der Waals surface area contributed by atoms with Crippen LogP contribution in [-0.4, -0.2) is 5.38 Å². The zero-order valence-corrected chi connectivity index (χ0v) is 18.3. The first-order valence-corrected chi connectivity index (χ1v) is 11.7. The van der Waals surface area contributed by atoms with Gasteiger partial charge in [-0.15, -0.1) is 11.6 Å². The molecule has 0 fully saturated rings. The summed E-state index contributed by atoms with van der Waals surface area (Å²) in [7, 11) is 0. The molecule has 0 saturated heterocycles. The number of benzene rings is 5. The van der Waals surface area contributed by atoms with E-state index in [2.05, 4.69) is 109 Å². The van der Waals surface area contributed by atoms with Crippen molar-refractivity contribution in [3.05, 3.63) is 131 Å². The van der Waals surface area contributed by atoms with Crippen molar-refractivity contribution in [3.63, 3.8) is 0 Å². The molecule has 2 bridgehead atoms. The Bertz CT molecular complexity index is 1370. The van der Waals surface area contributed by atoms with Gasteiger partial charge >= 0.3 is 0 Å². The number of fused-ring (bicyclic) bond motifs is 9. The summed E-state index contributed by atoms with van der Waals surface area (Å²) in [5.74, 6) is 0.435. The van der Waals surface area contributed by atoms with E-state index in [1.54, 1.807) is 0 Å². The maximum Gasteiger partial charge on any atom is 0.0555 e. The van der Waals surface area contributed by atoms with Crippen molar-refractivity contribution in [1.82, 2.24) is 0 Å². The van der Waals surface area contributed by atoms with Crippen LogP contribution in [0.15, 0.2) is 109 Å². The molecular formula is C31H21Cl. The molecule has 0 amide bonds. The Kier molecular flexibility index (Phi) is 3.89. The van der Waals surface area contributed by atoms with E-state index in [-0.39, 0.29) is 17.2 Å². The summed E-state index contributed by atoms with van der Waals surface area (Å²) in [4.78, 5) is 0. The van der Waals surface area contributed by atoms with E-state index in [0.717, 1.165) is 0 Å². The van der Waals surface area contributed by atoms with Gasteiger partial charge in [-0.25, -0.2) is 0 Å². The van der Waals surface area contributed by atoms with E-state index < -0.39 is 0 Å². The Balaban J connectivity index is 1.69. The summed E-state index contributed by atoms with van der Waals surface area (Å²) in [6.07, 6.45) is 0. The maximum atomic E-state index is 7.30. The Labute approximate surface area is 193 Å². The molecule has 0 aromatic heterocycles. The molecule has 2 aliphatic rings. The monoisotopic (exact) mass is 428 g/mol. The molecule has 0 unspecified atom stereocenters. The van der Waals surface area contributed by atoms with Gasteiger partial charge in [-0.1, -0.05) is 109 Å². The predicted molar refractivity (Wildman–Crippen MR) is 135 cm³/mol. The zero-order valence-electron chi connectivity index (χ0n) is 17.5. The molecule has 2 atom stereocenters. The smallest absolute Gasteiger partial charge is 0.0555 e. The summed E-state index contributed by atoms with van der Waals surface area (Å²) < 4.78 is 0. The fourth-order valence-corrected chi connectivity index (χ4v) is 6.72. The first kappa shape index (κ1) is 18.2. The van der Waals surface area contributed by atoms with Gasteiger partial charge in [-0.2, -0.15) is 0 Å². The molecule has 5 aromatic carbocycles. The number of alkyl halides is 1. The molecule has 0 nitrogen and oxygen atoms in total. The van der Waals surface area contributed by atoms with Crippen molar-refractivity contribution in [2.24, 2.45) is 0 Å². The second-order valence-electron chi connectivity index (χ2n) is 8.88. The van der Waals surface area contributed by atoms with Gasteiger partial charge in [0.05, 0.1) is 5.38 Å². The van der Waals surface area contributed by atoms with Gasteiger partial charge in [-0.3, -0.25) is 0 Å². The van der Waals surface area contributed by atoms with Gasteiger partial charge in [0.2, 0.25) is 0 Å². The molecular weight excluding hydrogens is 408 g/mol. The lowest BCUT2D eigenvalue weighted by molar-refractivity contribution is 0.808. The van der Waals surface area contributed by atoms with Crippen molar-refractivity contribution < 1.29 is 0 Å². The topological polar surface area (TPSA) is 0 Å². The highest BCUT2D eigenvalue weighted by atomic mass is 35.5. The van der Waals surface area contributed by atoms with Crippen LogP contribution in [-0.2, 0) is 0 Å². The van der Waals surface area contributed by atoms with E-state index in [4.69, 9.17) is 11.6 Å². The van der Waals surface area contributed by atoms with Crippen molar-refractivity contribution in [3.8, 4) is 22.3 Å². The van der Waals surface area contributed by atoms with Crippen molar-refractivity contribution >= 4 is 22.4 Å². The van der Waals surface area contributed by atoms with Crippen LogP contribution in [0.3, 0.4) is 0 Å². The minimum absolute atomic E-state index is 0.0455. The molecule has 0 radical (unpaired) electrons. The second-order valence-corrected chi connectivity index (χ2v) is 9.39. The van der Waals surface area contributed by atoms with E-state index in [0.29, 0.717) is 0 Å². The normalized spacial score (nSPS) is 20.3. The van der Waals surface area contributed by atoms with Crippen molar-refractivity contribution in [1.29, 1.82) is 0 Å². The molecule has 7 rings (SSSR count). The fraction of sp³-hybridized carbons (Fsp3) is 0.0968. The quantitative estimate of drug-likeness (QED) is 0.248. The Hall–Kier alpha value is -3.35. The van der Waals surface area contributed by atoms with E-state index >= 15 is 0 Å². The minimum atomic E-state index is 0.0455. The Morgan fingerprint density at radius 3 is 1.25 bits per heavy atom. The molecule has 0 heterocycles. The zero-order chi connectivity index (χ0) is 21.2. The molecule has 1 heteroatoms. The lowest BCUT2D eigenvalue weighted by atomic mass is 9.76. The minimum Gasteiger partial charge on any atom is -0.121 e. The molecule has 32 heavy (non-hydrogen) atoms. The summed E-state index contributed by atoms with van der Waals surface area (Å²) in [6.45, 7) is 0. The molecule has 2 aliphatic carbocycles. The number of hydrogen-bond donors (Lipinski definition) is 0.